The molecule has 1 aliphatic carbocycles. The molecule has 0 fully saturated rings. The highest BCUT2D eigenvalue weighted by Crippen LogP contribution is 2.50. The SMILES string of the molecule is COC(=O)C1c2[nH]c3ccccc3c2CC2c3ccccc3NC(=O)C21. The molecule has 5 rings (SSSR count). The highest BCUT2D eigenvalue weighted by atomic mass is 16.5. The maximum Gasteiger partial charge on any atom is 0.315 e. The molecule has 0 saturated carbocycles. The first-order chi connectivity index (χ1) is 12.7. The van der Waals surface area contributed by atoms with Crippen LogP contribution >= 0.6 is 0 Å². The van der Waals surface area contributed by atoms with Crippen molar-refractivity contribution in [3.8, 4) is 0 Å². The van der Waals surface area contributed by atoms with Gasteiger partial charge in [-0.15, -0.1) is 0 Å². The van der Waals surface area contributed by atoms with Gasteiger partial charge >= 0.3 is 5.97 Å². The Kier molecular flexibility index (Phi) is 3.19. The minimum absolute atomic E-state index is 0.0456. The summed E-state index contributed by atoms with van der Waals surface area (Å²) in [5.41, 5.74) is 4.84. The molecule has 130 valence electrons. The van der Waals surface area contributed by atoms with Gasteiger partial charge in [-0.3, -0.25) is 9.59 Å². The average molecular weight is 346 g/mol. The van der Waals surface area contributed by atoms with Crippen LogP contribution in [0.2, 0.25) is 0 Å². The quantitative estimate of drug-likeness (QED) is 0.664. The Labute approximate surface area is 150 Å². The number of nitrogens with one attached hydrogen (secondary N) is 2. The molecule has 0 bridgehead atoms. The van der Waals surface area contributed by atoms with Crippen molar-refractivity contribution in [3.63, 3.8) is 0 Å². The third kappa shape index (κ3) is 1.97. The number of benzene rings is 2. The third-order valence-electron chi connectivity index (χ3n) is 5.75. The minimum atomic E-state index is -0.630. The van der Waals surface area contributed by atoms with E-state index in [0.29, 0.717) is 0 Å². The predicted molar refractivity (Wildman–Crippen MR) is 98.1 cm³/mol. The molecule has 3 atom stereocenters. The number of hydrogen-bond acceptors (Lipinski definition) is 3. The number of esters is 1. The number of amides is 1. The maximum absolute atomic E-state index is 12.9. The van der Waals surface area contributed by atoms with Crippen LogP contribution in [-0.2, 0) is 20.7 Å². The van der Waals surface area contributed by atoms with E-state index in [0.717, 1.165) is 39.8 Å². The lowest BCUT2D eigenvalue weighted by Gasteiger charge is -2.40. The summed E-state index contributed by atoms with van der Waals surface area (Å²) in [5, 5.41) is 4.08. The van der Waals surface area contributed by atoms with E-state index >= 15 is 0 Å². The fraction of sp³-hybridized carbons (Fsp3) is 0.238. The van der Waals surface area contributed by atoms with Gasteiger partial charge in [-0.1, -0.05) is 36.4 Å². The number of ether oxygens (including phenoxy) is 1. The molecule has 0 spiro atoms. The average Bonchev–Trinajstić information content (AvgIpc) is 3.04. The highest BCUT2D eigenvalue weighted by molar-refractivity contribution is 6.02. The lowest BCUT2D eigenvalue weighted by Crippen LogP contribution is -2.44. The monoisotopic (exact) mass is 346 g/mol. The summed E-state index contributed by atoms with van der Waals surface area (Å²) in [6.07, 6.45) is 0.724. The molecule has 1 aliphatic heterocycles. The number of aromatic amines is 1. The summed E-state index contributed by atoms with van der Waals surface area (Å²) in [6, 6.07) is 15.9. The molecule has 1 aromatic heterocycles. The van der Waals surface area contributed by atoms with Crippen molar-refractivity contribution in [2.75, 3.05) is 12.4 Å². The Balaban J connectivity index is 1.77. The molecule has 2 N–H and O–H groups in total. The van der Waals surface area contributed by atoms with Gasteiger partial charge in [0.1, 0.15) is 5.92 Å². The molecule has 5 nitrogen and oxygen atoms in total. The topological polar surface area (TPSA) is 71.2 Å². The summed E-state index contributed by atoms with van der Waals surface area (Å²) in [4.78, 5) is 29.0. The van der Waals surface area contributed by atoms with E-state index in [-0.39, 0.29) is 17.8 Å². The number of fused-ring (bicyclic) bond motifs is 6. The van der Waals surface area contributed by atoms with E-state index in [1.54, 1.807) is 0 Å². The Morgan fingerprint density at radius 3 is 2.73 bits per heavy atom. The van der Waals surface area contributed by atoms with E-state index in [1.165, 1.54) is 7.11 Å². The number of methoxy groups -OCH3 is 1. The van der Waals surface area contributed by atoms with Crippen molar-refractivity contribution in [3.05, 3.63) is 65.4 Å². The Morgan fingerprint density at radius 1 is 1.12 bits per heavy atom. The van der Waals surface area contributed by atoms with Crippen LogP contribution in [0.1, 0.15) is 28.7 Å². The maximum atomic E-state index is 12.9. The first-order valence-electron chi connectivity index (χ1n) is 8.76. The van der Waals surface area contributed by atoms with Crippen LogP contribution in [0.25, 0.3) is 10.9 Å². The highest BCUT2D eigenvalue weighted by Gasteiger charge is 2.49. The second-order valence-electron chi connectivity index (χ2n) is 6.98. The molecule has 5 heteroatoms. The van der Waals surface area contributed by atoms with Gasteiger partial charge in [0.2, 0.25) is 5.91 Å². The first kappa shape index (κ1) is 15.2. The minimum Gasteiger partial charge on any atom is -0.468 e. The van der Waals surface area contributed by atoms with Crippen LogP contribution in [0, 0.1) is 5.92 Å². The molecule has 3 aromatic rings. The molecule has 2 aliphatic rings. The predicted octanol–water partition coefficient (Wildman–Crippen LogP) is 3.33. The molecule has 0 saturated heterocycles. The Hall–Kier alpha value is -3.08. The molecule has 2 aromatic carbocycles. The van der Waals surface area contributed by atoms with Gasteiger partial charge in [-0.2, -0.15) is 0 Å². The lowest BCUT2D eigenvalue weighted by atomic mass is 9.66. The summed E-state index contributed by atoms with van der Waals surface area (Å²) in [6.45, 7) is 0. The summed E-state index contributed by atoms with van der Waals surface area (Å²) in [7, 11) is 1.38. The van der Waals surface area contributed by atoms with Crippen LogP contribution in [0.4, 0.5) is 5.69 Å². The molecule has 1 amide bonds. The van der Waals surface area contributed by atoms with E-state index in [2.05, 4.69) is 16.4 Å². The van der Waals surface area contributed by atoms with Crippen molar-refractivity contribution >= 4 is 28.5 Å². The van der Waals surface area contributed by atoms with Crippen LogP contribution in [0.5, 0.6) is 0 Å². The second kappa shape index (κ2) is 5.46. The summed E-state index contributed by atoms with van der Waals surface area (Å²) < 4.78 is 5.09. The van der Waals surface area contributed by atoms with Crippen molar-refractivity contribution < 1.29 is 14.3 Å². The number of aromatic nitrogens is 1. The van der Waals surface area contributed by atoms with Gasteiger partial charge in [0.15, 0.2) is 0 Å². The van der Waals surface area contributed by atoms with E-state index in [4.69, 9.17) is 4.74 Å². The fourth-order valence-corrected chi connectivity index (χ4v) is 4.64. The second-order valence-corrected chi connectivity index (χ2v) is 6.98. The Bertz CT molecular complexity index is 1050. The van der Waals surface area contributed by atoms with Gasteiger partial charge in [0.05, 0.1) is 13.0 Å². The number of rotatable bonds is 1. The number of hydrogen-bond donors (Lipinski definition) is 2. The van der Waals surface area contributed by atoms with E-state index in [1.807, 2.05) is 42.5 Å². The van der Waals surface area contributed by atoms with Crippen LogP contribution in [-0.4, -0.2) is 24.0 Å². The molecule has 0 radical (unpaired) electrons. The van der Waals surface area contributed by atoms with Gasteiger partial charge in [0.25, 0.3) is 0 Å². The van der Waals surface area contributed by atoms with Gasteiger partial charge < -0.3 is 15.0 Å². The number of para-hydroxylation sites is 2. The fourth-order valence-electron chi connectivity index (χ4n) is 4.64. The molecular formula is C21H18N2O3. The normalized spacial score (nSPS) is 23.6. The van der Waals surface area contributed by atoms with E-state index < -0.39 is 11.8 Å². The van der Waals surface area contributed by atoms with Crippen molar-refractivity contribution in [1.82, 2.24) is 4.98 Å². The smallest absolute Gasteiger partial charge is 0.315 e. The van der Waals surface area contributed by atoms with Gasteiger partial charge in [-0.05, 0) is 29.7 Å². The number of carbonyl (C=O) groups excluding carboxylic acids is 2. The number of carbonyl (C=O) groups is 2. The molecule has 2 heterocycles. The van der Waals surface area contributed by atoms with E-state index in [9.17, 15) is 9.59 Å². The summed E-state index contributed by atoms with van der Waals surface area (Å²) in [5.74, 6) is -1.64. The van der Waals surface area contributed by atoms with Crippen molar-refractivity contribution in [2.24, 2.45) is 5.92 Å². The molecular weight excluding hydrogens is 328 g/mol. The van der Waals surface area contributed by atoms with Crippen molar-refractivity contribution in [2.45, 2.75) is 18.3 Å². The van der Waals surface area contributed by atoms with Crippen LogP contribution < -0.4 is 5.32 Å². The number of H-pyrrole nitrogens is 1. The lowest BCUT2D eigenvalue weighted by molar-refractivity contribution is -0.146. The van der Waals surface area contributed by atoms with Crippen molar-refractivity contribution in [1.29, 1.82) is 0 Å². The first-order valence-corrected chi connectivity index (χ1v) is 8.76. The number of anilines is 1. The zero-order valence-electron chi connectivity index (χ0n) is 14.3. The zero-order chi connectivity index (χ0) is 17.8. The largest absolute Gasteiger partial charge is 0.468 e. The van der Waals surface area contributed by atoms with Gasteiger partial charge in [0, 0.05) is 28.2 Å². The summed E-state index contributed by atoms with van der Waals surface area (Å²) >= 11 is 0. The third-order valence-corrected chi connectivity index (χ3v) is 5.75. The molecule has 26 heavy (non-hydrogen) atoms. The molecule has 3 unspecified atom stereocenters. The van der Waals surface area contributed by atoms with Gasteiger partial charge in [-0.25, -0.2) is 0 Å². The van der Waals surface area contributed by atoms with Crippen LogP contribution in [0.15, 0.2) is 48.5 Å². The standard InChI is InChI=1S/C21H18N2O3/c1-26-21(25)18-17-13(11-6-2-5-9-16(11)23-20(17)24)10-14-12-7-3-4-8-15(12)22-19(14)18/h2-9,13,17-18,22H,10H2,1H3,(H,23,24). The Morgan fingerprint density at radius 2 is 1.88 bits per heavy atom. The van der Waals surface area contributed by atoms with Crippen LogP contribution in [0.3, 0.4) is 0 Å². The zero-order valence-corrected chi connectivity index (χ0v) is 14.3.